The Morgan fingerprint density at radius 3 is 2.55 bits per heavy atom. The molecule has 0 amide bonds. The zero-order valence-electron chi connectivity index (χ0n) is 7.30. The Morgan fingerprint density at radius 2 is 2.00 bits per heavy atom. The molecule has 0 radical (unpaired) electrons. The molecule has 0 aromatic carbocycles. The summed E-state index contributed by atoms with van der Waals surface area (Å²) >= 11 is 0. The van der Waals surface area contributed by atoms with Crippen LogP contribution < -0.4 is 5.48 Å². The molecule has 0 unspecified atom stereocenters. The van der Waals surface area contributed by atoms with E-state index in [-0.39, 0.29) is 0 Å². The molecular weight excluding hydrogens is 142 g/mol. The Kier molecular flexibility index (Phi) is 3.83. The highest BCUT2D eigenvalue weighted by Gasteiger charge is 2.14. The second kappa shape index (κ2) is 4.70. The van der Waals surface area contributed by atoms with Crippen molar-refractivity contribution in [1.82, 2.24) is 5.48 Å². The number of ether oxygens (including phenoxy) is 1. The fraction of sp³-hybridized carbons (Fsp3) is 1.00. The van der Waals surface area contributed by atoms with E-state index in [0.29, 0.717) is 12.1 Å². The summed E-state index contributed by atoms with van der Waals surface area (Å²) < 4.78 is 5.20. The van der Waals surface area contributed by atoms with Crippen molar-refractivity contribution in [1.29, 1.82) is 0 Å². The van der Waals surface area contributed by atoms with Crippen molar-refractivity contribution < 1.29 is 9.57 Å². The third-order valence-electron chi connectivity index (χ3n) is 1.64. The van der Waals surface area contributed by atoms with Crippen LogP contribution >= 0.6 is 0 Å². The Labute approximate surface area is 68.0 Å². The van der Waals surface area contributed by atoms with Gasteiger partial charge in [-0.15, -0.1) is 0 Å². The molecule has 0 aliphatic carbocycles. The van der Waals surface area contributed by atoms with Gasteiger partial charge in [0, 0.05) is 19.3 Å². The molecule has 3 nitrogen and oxygen atoms in total. The zero-order valence-corrected chi connectivity index (χ0v) is 7.30. The molecule has 0 bridgehead atoms. The van der Waals surface area contributed by atoms with Crippen molar-refractivity contribution in [3.05, 3.63) is 0 Å². The first kappa shape index (κ1) is 8.97. The smallest absolute Gasteiger partial charge is 0.0834 e. The number of hydroxylamine groups is 1. The van der Waals surface area contributed by atoms with Gasteiger partial charge in [0.2, 0.25) is 0 Å². The summed E-state index contributed by atoms with van der Waals surface area (Å²) in [6.07, 6.45) is 2.38. The van der Waals surface area contributed by atoms with E-state index in [1.165, 1.54) is 0 Å². The van der Waals surface area contributed by atoms with E-state index in [1.807, 2.05) is 0 Å². The lowest BCUT2D eigenvalue weighted by molar-refractivity contribution is -0.0859. The summed E-state index contributed by atoms with van der Waals surface area (Å²) in [5.41, 5.74) is 2.96. The van der Waals surface area contributed by atoms with Gasteiger partial charge in [0.25, 0.3) is 0 Å². The van der Waals surface area contributed by atoms with Gasteiger partial charge in [-0.1, -0.05) is 0 Å². The monoisotopic (exact) mass is 159 g/mol. The molecule has 1 aliphatic rings. The normalized spacial score (nSPS) is 21.0. The van der Waals surface area contributed by atoms with Crippen LogP contribution in [0.1, 0.15) is 26.7 Å². The Hall–Kier alpha value is -0.120. The highest BCUT2D eigenvalue weighted by molar-refractivity contribution is 4.61. The van der Waals surface area contributed by atoms with Gasteiger partial charge in [0.1, 0.15) is 0 Å². The largest absolute Gasteiger partial charge is 0.381 e. The molecule has 0 saturated carbocycles. The van der Waals surface area contributed by atoms with Gasteiger partial charge in [-0.2, -0.15) is 5.48 Å². The molecule has 1 aliphatic heterocycles. The molecule has 0 aromatic heterocycles. The van der Waals surface area contributed by atoms with Gasteiger partial charge in [-0.05, 0) is 26.7 Å². The molecular formula is C8H17NO2. The van der Waals surface area contributed by atoms with Gasteiger partial charge in [-0.25, -0.2) is 0 Å². The quantitative estimate of drug-likeness (QED) is 0.625. The fourth-order valence-electron chi connectivity index (χ4n) is 1.03. The second-order valence-corrected chi connectivity index (χ2v) is 3.20. The van der Waals surface area contributed by atoms with E-state index in [1.54, 1.807) is 0 Å². The predicted octanol–water partition coefficient (Wildman–Crippen LogP) is 1.09. The van der Waals surface area contributed by atoms with Crippen molar-refractivity contribution in [3.63, 3.8) is 0 Å². The SMILES string of the molecule is CC(C)NOC1CCOCC1. The number of hydrogen-bond donors (Lipinski definition) is 1. The summed E-state index contributed by atoms with van der Waals surface area (Å²) in [6, 6.07) is 0.401. The van der Waals surface area contributed by atoms with Crippen molar-refractivity contribution >= 4 is 0 Å². The van der Waals surface area contributed by atoms with Crippen LogP contribution in [0.25, 0.3) is 0 Å². The summed E-state index contributed by atoms with van der Waals surface area (Å²) in [4.78, 5) is 5.41. The lowest BCUT2D eigenvalue weighted by atomic mass is 10.2. The Bertz CT molecular complexity index is 100. The summed E-state index contributed by atoms with van der Waals surface area (Å²) in [5, 5.41) is 0. The van der Waals surface area contributed by atoms with Gasteiger partial charge >= 0.3 is 0 Å². The molecule has 1 fully saturated rings. The maximum atomic E-state index is 5.41. The minimum atomic E-state index is 0.353. The second-order valence-electron chi connectivity index (χ2n) is 3.20. The third-order valence-corrected chi connectivity index (χ3v) is 1.64. The van der Waals surface area contributed by atoms with E-state index in [0.717, 1.165) is 26.1 Å². The molecule has 1 rings (SSSR count). The number of hydrogen-bond acceptors (Lipinski definition) is 3. The number of nitrogens with one attached hydrogen (secondary N) is 1. The van der Waals surface area contributed by atoms with Crippen LogP contribution in [-0.4, -0.2) is 25.4 Å². The summed E-state index contributed by atoms with van der Waals surface area (Å²) in [7, 11) is 0. The third kappa shape index (κ3) is 3.70. The zero-order chi connectivity index (χ0) is 8.10. The Morgan fingerprint density at radius 1 is 1.36 bits per heavy atom. The van der Waals surface area contributed by atoms with E-state index < -0.39 is 0 Å². The van der Waals surface area contributed by atoms with Crippen LogP contribution in [0.2, 0.25) is 0 Å². The fourth-order valence-corrected chi connectivity index (χ4v) is 1.03. The molecule has 0 atom stereocenters. The molecule has 3 heteroatoms. The van der Waals surface area contributed by atoms with E-state index in [2.05, 4.69) is 19.3 Å². The first-order valence-electron chi connectivity index (χ1n) is 4.28. The molecule has 1 heterocycles. The topological polar surface area (TPSA) is 30.5 Å². The first-order chi connectivity index (χ1) is 5.29. The van der Waals surface area contributed by atoms with Gasteiger partial charge in [0.05, 0.1) is 6.10 Å². The average Bonchev–Trinajstić information content (AvgIpc) is 2.03. The lowest BCUT2D eigenvalue weighted by Gasteiger charge is -2.23. The van der Waals surface area contributed by atoms with Crippen molar-refractivity contribution in [2.24, 2.45) is 0 Å². The highest BCUT2D eigenvalue weighted by atomic mass is 16.7. The van der Waals surface area contributed by atoms with E-state index >= 15 is 0 Å². The van der Waals surface area contributed by atoms with Gasteiger partial charge in [-0.3, -0.25) is 4.84 Å². The predicted molar refractivity (Wildman–Crippen MR) is 43.2 cm³/mol. The minimum absolute atomic E-state index is 0.353. The molecule has 0 spiro atoms. The van der Waals surface area contributed by atoms with Crippen LogP contribution in [0, 0.1) is 0 Å². The molecule has 1 N–H and O–H groups in total. The lowest BCUT2D eigenvalue weighted by Crippen LogP contribution is -2.33. The first-order valence-corrected chi connectivity index (χ1v) is 4.28. The van der Waals surface area contributed by atoms with E-state index in [4.69, 9.17) is 9.57 Å². The number of rotatable bonds is 3. The van der Waals surface area contributed by atoms with Gasteiger partial charge < -0.3 is 4.74 Å². The van der Waals surface area contributed by atoms with Crippen LogP contribution in [-0.2, 0) is 9.57 Å². The highest BCUT2D eigenvalue weighted by Crippen LogP contribution is 2.08. The molecule has 0 aromatic rings. The van der Waals surface area contributed by atoms with Crippen LogP contribution in [0.15, 0.2) is 0 Å². The van der Waals surface area contributed by atoms with E-state index in [9.17, 15) is 0 Å². The molecule has 66 valence electrons. The Balaban J connectivity index is 2.05. The van der Waals surface area contributed by atoms with Crippen molar-refractivity contribution in [2.45, 2.75) is 38.8 Å². The van der Waals surface area contributed by atoms with Crippen LogP contribution in [0.3, 0.4) is 0 Å². The van der Waals surface area contributed by atoms with Crippen LogP contribution in [0.5, 0.6) is 0 Å². The van der Waals surface area contributed by atoms with Crippen molar-refractivity contribution in [2.75, 3.05) is 13.2 Å². The van der Waals surface area contributed by atoms with Crippen LogP contribution in [0.4, 0.5) is 0 Å². The average molecular weight is 159 g/mol. The molecule has 1 saturated heterocycles. The molecule has 11 heavy (non-hydrogen) atoms. The van der Waals surface area contributed by atoms with Gasteiger partial charge in [0.15, 0.2) is 0 Å². The minimum Gasteiger partial charge on any atom is -0.381 e. The summed E-state index contributed by atoms with van der Waals surface area (Å²) in [6.45, 7) is 5.81. The van der Waals surface area contributed by atoms with Crippen molar-refractivity contribution in [3.8, 4) is 0 Å². The standard InChI is InChI=1S/C8H17NO2/c1-7(2)9-11-8-3-5-10-6-4-8/h7-9H,3-6H2,1-2H3. The maximum Gasteiger partial charge on any atom is 0.0834 e. The summed E-state index contributed by atoms with van der Waals surface area (Å²) in [5.74, 6) is 0. The maximum absolute atomic E-state index is 5.41.